The predicted molar refractivity (Wildman–Crippen MR) is 364 cm³/mol. The third kappa shape index (κ3) is 67.6. The Morgan fingerprint density at radius 3 is 1.01 bits per heavy atom. The van der Waals surface area contributed by atoms with E-state index in [1.165, 1.54) is 199 Å². The SMILES string of the molecule is CC/C=C\C/C=C\C/C=C\C/C=C\C/C=C\C/C=C\C/C=C\CCCCCCCCCCCCCCCCCCCCCC(=O)OC(COC(=O)CCCCCCCCCCC/C=C\CCCCCCCC)COC(OCC[N+](C)(C)C)C(=O)O. The van der Waals surface area contributed by atoms with E-state index >= 15 is 0 Å². The lowest BCUT2D eigenvalue weighted by molar-refractivity contribution is -0.870. The van der Waals surface area contributed by atoms with Crippen molar-refractivity contribution in [1.82, 2.24) is 0 Å². The van der Waals surface area contributed by atoms with Crippen LogP contribution in [0.15, 0.2) is 97.2 Å². The monoisotopic (exact) mass is 1190 g/mol. The molecule has 0 aliphatic heterocycles. The number of hydrogen-bond acceptors (Lipinski definition) is 7. The van der Waals surface area contributed by atoms with Crippen molar-refractivity contribution in [3.8, 4) is 0 Å². The van der Waals surface area contributed by atoms with Gasteiger partial charge in [0.2, 0.25) is 0 Å². The molecule has 0 bridgehead atoms. The Morgan fingerprint density at radius 2 is 0.671 bits per heavy atom. The summed E-state index contributed by atoms with van der Waals surface area (Å²) in [6.07, 6.45) is 88.1. The number of carbonyl (C=O) groups excluding carboxylic acids is 2. The van der Waals surface area contributed by atoms with E-state index in [4.69, 9.17) is 18.9 Å². The number of aliphatic carboxylic acids is 1. The number of carboxylic acid groups (broad SMARTS) is 1. The van der Waals surface area contributed by atoms with E-state index in [2.05, 4.69) is 111 Å². The largest absolute Gasteiger partial charge is 0.477 e. The predicted octanol–water partition coefficient (Wildman–Crippen LogP) is 22.0. The average Bonchev–Trinajstić information content (AvgIpc) is 3.49. The molecule has 0 spiro atoms. The van der Waals surface area contributed by atoms with Crippen LogP contribution >= 0.6 is 0 Å². The van der Waals surface area contributed by atoms with Crippen molar-refractivity contribution in [1.29, 1.82) is 0 Å². The topological polar surface area (TPSA) is 108 Å². The van der Waals surface area contributed by atoms with E-state index in [0.717, 1.165) is 83.5 Å². The van der Waals surface area contributed by atoms with Crippen molar-refractivity contribution in [2.45, 2.75) is 322 Å². The van der Waals surface area contributed by atoms with Crippen LogP contribution in [0.1, 0.15) is 309 Å². The highest BCUT2D eigenvalue weighted by Gasteiger charge is 2.25. The summed E-state index contributed by atoms with van der Waals surface area (Å²) in [7, 11) is 5.98. The molecule has 0 aromatic heterocycles. The van der Waals surface area contributed by atoms with E-state index in [0.29, 0.717) is 17.4 Å². The van der Waals surface area contributed by atoms with Gasteiger partial charge in [-0.15, -0.1) is 0 Å². The quantitative estimate of drug-likeness (QED) is 0.0211. The third-order valence-electron chi connectivity index (χ3n) is 15.3. The van der Waals surface area contributed by atoms with Crippen LogP contribution in [0.4, 0.5) is 0 Å². The minimum atomic E-state index is -1.51. The lowest BCUT2D eigenvalue weighted by Crippen LogP contribution is -2.40. The first-order valence-corrected chi connectivity index (χ1v) is 35.4. The van der Waals surface area contributed by atoms with Crippen molar-refractivity contribution in [2.75, 3.05) is 47.5 Å². The fraction of sp³-hybridized carbons (Fsp3) is 0.750. The van der Waals surface area contributed by atoms with Gasteiger partial charge in [0.25, 0.3) is 6.29 Å². The van der Waals surface area contributed by atoms with E-state index in [1.807, 2.05) is 21.1 Å². The molecule has 1 N–H and O–H groups in total. The Kier molecular flexibility index (Phi) is 63.2. The highest BCUT2D eigenvalue weighted by atomic mass is 16.7. The molecule has 0 saturated carbocycles. The average molecular weight is 1190 g/mol. The fourth-order valence-corrected chi connectivity index (χ4v) is 9.93. The molecule has 2 atom stereocenters. The van der Waals surface area contributed by atoms with Gasteiger partial charge in [0, 0.05) is 12.8 Å². The lowest BCUT2D eigenvalue weighted by Gasteiger charge is -2.25. The van der Waals surface area contributed by atoms with Crippen LogP contribution in [0.2, 0.25) is 0 Å². The van der Waals surface area contributed by atoms with Crippen LogP contribution in [0, 0.1) is 0 Å². The maximum atomic E-state index is 12.9. The number of carbonyl (C=O) groups is 3. The molecule has 0 radical (unpaired) electrons. The molecule has 0 saturated heterocycles. The van der Waals surface area contributed by atoms with Crippen molar-refractivity contribution in [3.63, 3.8) is 0 Å². The molecule has 0 fully saturated rings. The number of ether oxygens (including phenoxy) is 4. The first-order valence-electron chi connectivity index (χ1n) is 35.4. The Morgan fingerprint density at radius 1 is 0.365 bits per heavy atom. The maximum absolute atomic E-state index is 12.9. The van der Waals surface area contributed by atoms with Gasteiger partial charge >= 0.3 is 17.9 Å². The van der Waals surface area contributed by atoms with Crippen LogP contribution in [-0.4, -0.2) is 87.4 Å². The molecule has 490 valence electrons. The van der Waals surface area contributed by atoms with E-state index in [9.17, 15) is 19.5 Å². The van der Waals surface area contributed by atoms with Crippen molar-refractivity contribution in [3.05, 3.63) is 97.2 Å². The molecule has 9 heteroatoms. The Labute approximate surface area is 524 Å². The lowest BCUT2D eigenvalue weighted by atomic mass is 10.0. The zero-order chi connectivity index (χ0) is 61.9. The number of hydrogen-bond donors (Lipinski definition) is 1. The van der Waals surface area contributed by atoms with Crippen LogP contribution < -0.4 is 0 Å². The third-order valence-corrected chi connectivity index (χ3v) is 15.3. The highest BCUT2D eigenvalue weighted by Crippen LogP contribution is 2.18. The standard InChI is InChI=1S/C76H133NO8/c1-6-8-10-12-14-16-18-20-22-24-26-27-28-29-30-31-32-33-34-35-36-37-38-39-40-41-42-43-44-45-46-47-49-51-53-55-57-59-61-63-65-67-74(79)85-72(71-84-76(75(80)81)82-69-68-77(3,4)5)70-83-73(78)66-64-62-60-58-56-54-52-50-48-25-23-21-19-17-15-13-11-9-7-2/h8,10,14,16,20-23,26-27,29-30,32-33,35-36,72,76H,6-7,9,11-13,15,17-19,24-25,28,31,34,37-71H2,1-5H3/p+1/b10-8-,16-14-,22-20-,23-21-,27-26-,30-29-,33-32-,36-35-. The van der Waals surface area contributed by atoms with Crippen LogP contribution in [-0.2, 0) is 33.3 Å². The summed E-state index contributed by atoms with van der Waals surface area (Å²) in [6, 6.07) is 0. The second-order valence-electron chi connectivity index (χ2n) is 24.8. The first-order chi connectivity index (χ1) is 41.6. The van der Waals surface area contributed by atoms with E-state index in [-0.39, 0.29) is 32.2 Å². The van der Waals surface area contributed by atoms with Gasteiger partial charge < -0.3 is 28.5 Å². The van der Waals surface area contributed by atoms with Crippen LogP contribution in [0.25, 0.3) is 0 Å². The normalized spacial score (nSPS) is 13.3. The second kappa shape index (κ2) is 66.2. The first kappa shape index (κ1) is 81.2. The number of allylic oxidation sites excluding steroid dienone is 16. The Bertz CT molecular complexity index is 1720. The molecule has 0 rings (SSSR count). The highest BCUT2D eigenvalue weighted by molar-refractivity contribution is 5.71. The van der Waals surface area contributed by atoms with E-state index in [1.54, 1.807) is 0 Å². The minimum absolute atomic E-state index is 0.182. The summed E-state index contributed by atoms with van der Waals surface area (Å²) in [5.41, 5.74) is 0. The fourth-order valence-electron chi connectivity index (χ4n) is 9.93. The van der Waals surface area contributed by atoms with E-state index < -0.39 is 24.3 Å². The van der Waals surface area contributed by atoms with Gasteiger partial charge in [-0.1, -0.05) is 297 Å². The summed E-state index contributed by atoms with van der Waals surface area (Å²) in [4.78, 5) is 37.6. The van der Waals surface area contributed by atoms with Crippen molar-refractivity contribution >= 4 is 17.9 Å². The van der Waals surface area contributed by atoms with Gasteiger partial charge in [-0.25, -0.2) is 4.79 Å². The molecule has 0 aromatic carbocycles. The summed E-state index contributed by atoms with van der Waals surface area (Å²) in [6.45, 7) is 4.79. The summed E-state index contributed by atoms with van der Waals surface area (Å²) < 4.78 is 23.0. The maximum Gasteiger partial charge on any atom is 0.361 e. The number of esters is 2. The smallest absolute Gasteiger partial charge is 0.361 e. The molecule has 85 heavy (non-hydrogen) atoms. The van der Waals surface area contributed by atoms with Gasteiger partial charge in [0.05, 0.1) is 34.4 Å². The van der Waals surface area contributed by atoms with Crippen molar-refractivity contribution in [2.24, 2.45) is 0 Å². The molecule has 9 nitrogen and oxygen atoms in total. The number of likely N-dealkylation sites (N-methyl/N-ethyl adjacent to an activating group) is 1. The summed E-state index contributed by atoms with van der Waals surface area (Å²) >= 11 is 0. The molecular formula is C76H134NO8+. The van der Waals surface area contributed by atoms with Gasteiger partial charge in [-0.05, 0) is 96.3 Å². The number of quaternary nitrogens is 1. The molecule has 0 aliphatic carbocycles. The zero-order valence-corrected chi connectivity index (χ0v) is 56.0. The Hall–Kier alpha value is -3.79. The van der Waals surface area contributed by atoms with Gasteiger partial charge in [-0.3, -0.25) is 9.59 Å². The number of carboxylic acids is 1. The molecule has 2 unspecified atom stereocenters. The van der Waals surface area contributed by atoms with Crippen LogP contribution in [0.5, 0.6) is 0 Å². The van der Waals surface area contributed by atoms with Gasteiger partial charge in [-0.2, -0.15) is 0 Å². The molecular weight excluding hydrogens is 1050 g/mol. The van der Waals surface area contributed by atoms with Crippen LogP contribution in [0.3, 0.4) is 0 Å². The Balaban J connectivity index is 4.02. The molecule has 0 heterocycles. The molecule has 0 aliphatic rings. The molecule has 0 aromatic rings. The minimum Gasteiger partial charge on any atom is -0.477 e. The van der Waals surface area contributed by atoms with Gasteiger partial charge in [0.15, 0.2) is 6.10 Å². The van der Waals surface area contributed by atoms with Crippen molar-refractivity contribution < 1.29 is 42.9 Å². The van der Waals surface area contributed by atoms with Gasteiger partial charge in [0.1, 0.15) is 13.2 Å². The summed E-state index contributed by atoms with van der Waals surface area (Å²) in [5.74, 6) is -1.99. The molecule has 0 amide bonds. The number of unbranched alkanes of at least 4 members (excludes halogenated alkanes) is 34. The zero-order valence-electron chi connectivity index (χ0n) is 56.0. The number of nitrogens with zero attached hydrogens (tertiary/aromatic N) is 1. The second-order valence-corrected chi connectivity index (χ2v) is 24.8. The summed E-state index contributed by atoms with van der Waals surface area (Å²) in [5, 5.41) is 9.74. The number of rotatable bonds is 65.